The molecule has 5 heteroatoms. The molecule has 0 aliphatic rings. The largest absolute Gasteiger partial charge is 0.238 e. The van der Waals surface area contributed by atoms with E-state index in [1.165, 1.54) is 12.1 Å². The van der Waals surface area contributed by atoms with Gasteiger partial charge in [0, 0.05) is 0 Å². The highest BCUT2D eigenvalue weighted by Gasteiger charge is 2.08. The van der Waals surface area contributed by atoms with Gasteiger partial charge >= 0.3 is 0 Å². The molecule has 80 valence electrons. The first-order valence-electron chi connectivity index (χ1n) is 4.47. The third kappa shape index (κ3) is 1.89. The minimum Gasteiger partial charge on any atom is -0.225 e. The van der Waals surface area contributed by atoms with E-state index in [9.17, 15) is 8.42 Å². The van der Waals surface area contributed by atoms with Crippen LogP contribution in [0.2, 0.25) is 0 Å². The van der Waals surface area contributed by atoms with Gasteiger partial charge in [0.15, 0.2) is 0 Å². The summed E-state index contributed by atoms with van der Waals surface area (Å²) < 4.78 is 22.3. The number of rotatable bonds is 1. The van der Waals surface area contributed by atoms with Crippen molar-refractivity contribution in [2.24, 2.45) is 5.14 Å². The predicted octanol–water partition coefficient (Wildman–Crippen LogP) is 1.36. The summed E-state index contributed by atoms with van der Waals surface area (Å²) in [6.45, 7) is 0. The molecule has 0 fully saturated rings. The van der Waals surface area contributed by atoms with Gasteiger partial charge in [0.05, 0.1) is 16.5 Å². The lowest BCUT2D eigenvalue weighted by atomic mass is 10.1. The van der Waals surface area contributed by atoms with Crippen LogP contribution >= 0.6 is 0 Å². The molecule has 0 aliphatic carbocycles. The highest BCUT2D eigenvalue weighted by atomic mass is 32.2. The molecule has 0 saturated carbocycles. The molecule has 0 aliphatic heterocycles. The van der Waals surface area contributed by atoms with Crippen molar-refractivity contribution in [1.82, 2.24) is 0 Å². The maximum absolute atomic E-state index is 11.1. The molecule has 0 spiro atoms. The molecule has 16 heavy (non-hydrogen) atoms. The minimum absolute atomic E-state index is 0.0510. The minimum atomic E-state index is -3.70. The van der Waals surface area contributed by atoms with Crippen molar-refractivity contribution in [3.8, 4) is 6.07 Å². The van der Waals surface area contributed by atoms with Crippen LogP contribution in [-0.4, -0.2) is 8.42 Å². The first-order valence-corrected chi connectivity index (χ1v) is 6.02. The van der Waals surface area contributed by atoms with Gasteiger partial charge < -0.3 is 0 Å². The molecule has 0 heterocycles. The van der Waals surface area contributed by atoms with E-state index in [2.05, 4.69) is 0 Å². The van der Waals surface area contributed by atoms with E-state index in [1.54, 1.807) is 24.3 Å². The van der Waals surface area contributed by atoms with Crippen molar-refractivity contribution >= 4 is 20.8 Å². The van der Waals surface area contributed by atoms with Crippen LogP contribution in [0.4, 0.5) is 0 Å². The summed E-state index contributed by atoms with van der Waals surface area (Å²) in [5.74, 6) is 0. The number of hydrogen-bond donors (Lipinski definition) is 1. The van der Waals surface area contributed by atoms with Crippen LogP contribution in [0, 0.1) is 11.3 Å². The van der Waals surface area contributed by atoms with Crippen molar-refractivity contribution in [2.75, 3.05) is 0 Å². The second-order valence-corrected chi connectivity index (χ2v) is 4.94. The summed E-state index contributed by atoms with van der Waals surface area (Å²) in [7, 11) is -3.70. The number of fused-ring (bicyclic) bond motifs is 1. The van der Waals surface area contributed by atoms with Gasteiger partial charge in [-0.15, -0.1) is 0 Å². The molecular formula is C11H8N2O2S. The standard InChI is InChI=1S/C11H8N2O2S/c12-7-8-1-2-9-3-4-11(16(13,14)15)6-10(9)5-8/h1-6H,(H2,13,14,15). The Morgan fingerprint density at radius 3 is 2.38 bits per heavy atom. The Morgan fingerprint density at radius 1 is 1.06 bits per heavy atom. The molecule has 0 bridgehead atoms. The first-order chi connectivity index (χ1) is 7.50. The van der Waals surface area contributed by atoms with Crippen molar-refractivity contribution in [3.05, 3.63) is 42.0 Å². The van der Waals surface area contributed by atoms with Crippen LogP contribution in [0.1, 0.15) is 5.56 Å². The van der Waals surface area contributed by atoms with Crippen molar-refractivity contribution in [2.45, 2.75) is 4.90 Å². The fraction of sp³-hybridized carbons (Fsp3) is 0. The number of sulfonamides is 1. The molecule has 0 atom stereocenters. The maximum atomic E-state index is 11.1. The van der Waals surface area contributed by atoms with Gasteiger partial charge in [0.25, 0.3) is 0 Å². The zero-order chi connectivity index (χ0) is 11.8. The van der Waals surface area contributed by atoms with Crippen LogP contribution in [0.15, 0.2) is 41.3 Å². The highest BCUT2D eigenvalue weighted by Crippen LogP contribution is 2.19. The number of hydrogen-bond acceptors (Lipinski definition) is 3. The average Bonchev–Trinajstić information content (AvgIpc) is 2.26. The van der Waals surface area contributed by atoms with E-state index >= 15 is 0 Å². The SMILES string of the molecule is N#Cc1ccc2ccc(S(N)(=O)=O)cc2c1. The smallest absolute Gasteiger partial charge is 0.225 e. The molecule has 2 rings (SSSR count). The maximum Gasteiger partial charge on any atom is 0.238 e. The van der Waals surface area contributed by atoms with E-state index < -0.39 is 10.0 Å². The van der Waals surface area contributed by atoms with Gasteiger partial charge in [-0.3, -0.25) is 0 Å². The van der Waals surface area contributed by atoms with E-state index in [4.69, 9.17) is 10.4 Å². The number of nitriles is 1. The second-order valence-electron chi connectivity index (χ2n) is 3.38. The van der Waals surface area contributed by atoms with Gasteiger partial charge in [-0.05, 0) is 35.0 Å². The lowest BCUT2D eigenvalue weighted by Crippen LogP contribution is -2.11. The molecule has 0 unspecified atom stereocenters. The monoisotopic (exact) mass is 232 g/mol. The summed E-state index contributed by atoms with van der Waals surface area (Å²) in [4.78, 5) is 0.0510. The Labute approximate surface area is 93.0 Å². The van der Waals surface area contributed by atoms with Crippen LogP contribution in [0.3, 0.4) is 0 Å². The van der Waals surface area contributed by atoms with Crippen molar-refractivity contribution in [1.29, 1.82) is 5.26 Å². The lowest BCUT2D eigenvalue weighted by molar-refractivity contribution is 0.598. The molecule has 0 aromatic heterocycles. The molecule has 2 N–H and O–H groups in total. The lowest BCUT2D eigenvalue weighted by Gasteiger charge is -2.01. The summed E-state index contributed by atoms with van der Waals surface area (Å²) >= 11 is 0. The molecule has 2 aromatic rings. The van der Waals surface area contributed by atoms with E-state index in [1.807, 2.05) is 6.07 Å². The third-order valence-electron chi connectivity index (χ3n) is 2.27. The molecular weight excluding hydrogens is 224 g/mol. The van der Waals surface area contributed by atoms with Gasteiger partial charge in [-0.2, -0.15) is 5.26 Å². The zero-order valence-corrected chi connectivity index (χ0v) is 9.03. The van der Waals surface area contributed by atoms with Crippen LogP contribution in [0.5, 0.6) is 0 Å². The summed E-state index contributed by atoms with van der Waals surface area (Å²) in [6.07, 6.45) is 0. The Morgan fingerprint density at radius 2 is 1.75 bits per heavy atom. The normalized spacial score (nSPS) is 11.2. The molecule has 0 radical (unpaired) electrons. The summed E-state index contributed by atoms with van der Waals surface area (Å²) in [5.41, 5.74) is 0.485. The van der Waals surface area contributed by atoms with Crippen LogP contribution in [-0.2, 0) is 10.0 Å². The Balaban J connectivity index is 2.75. The topological polar surface area (TPSA) is 83.9 Å². The molecule has 4 nitrogen and oxygen atoms in total. The number of benzene rings is 2. The molecule has 2 aromatic carbocycles. The van der Waals surface area contributed by atoms with Crippen LogP contribution < -0.4 is 5.14 Å². The van der Waals surface area contributed by atoms with E-state index in [-0.39, 0.29) is 4.90 Å². The van der Waals surface area contributed by atoms with Gasteiger partial charge in [-0.1, -0.05) is 12.1 Å². The third-order valence-corrected chi connectivity index (χ3v) is 3.18. The quantitative estimate of drug-likeness (QED) is 0.805. The summed E-state index contributed by atoms with van der Waals surface area (Å²) in [5, 5.41) is 15.3. The van der Waals surface area contributed by atoms with Crippen molar-refractivity contribution < 1.29 is 8.42 Å². The number of primary sulfonamides is 1. The average molecular weight is 232 g/mol. The fourth-order valence-corrected chi connectivity index (χ4v) is 2.02. The fourth-order valence-electron chi connectivity index (χ4n) is 1.47. The van der Waals surface area contributed by atoms with Crippen LogP contribution in [0.25, 0.3) is 10.8 Å². The van der Waals surface area contributed by atoms with E-state index in [0.29, 0.717) is 10.9 Å². The van der Waals surface area contributed by atoms with Gasteiger partial charge in [-0.25, -0.2) is 13.6 Å². The van der Waals surface area contributed by atoms with Gasteiger partial charge in [0.2, 0.25) is 10.0 Å². The zero-order valence-electron chi connectivity index (χ0n) is 8.21. The van der Waals surface area contributed by atoms with Crippen molar-refractivity contribution in [3.63, 3.8) is 0 Å². The Kier molecular flexibility index (Phi) is 2.38. The second kappa shape index (κ2) is 3.59. The first kappa shape index (κ1) is 10.6. The molecule has 0 saturated heterocycles. The Bertz CT molecular complexity index is 699. The predicted molar refractivity (Wildman–Crippen MR) is 60.0 cm³/mol. The molecule has 0 amide bonds. The highest BCUT2D eigenvalue weighted by molar-refractivity contribution is 7.89. The number of nitrogens with zero attached hydrogens (tertiary/aromatic N) is 1. The van der Waals surface area contributed by atoms with E-state index in [0.717, 1.165) is 5.39 Å². The Hall–Kier alpha value is -1.90. The number of nitrogens with two attached hydrogens (primary N) is 1. The van der Waals surface area contributed by atoms with Gasteiger partial charge in [0.1, 0.15) is 0 Å². The summed E-state index contributed by atoms with van der Waals surface area (Å²) in [6, 6.07) is 11.6.